The molecule has 0 aromatic heterocycles. The van der Waals surface area contributed by atoms with Gasteiger partial charge in [0, 0.05) is 18.1 Å². The van der Waals surface area contributed by atoms with E-state index in [9.17, 15) is 0 Å². The van der Waals surface area contributed by atoms with Crippen LogP contribution in [0, 0.1) is 5.92 Å². The molecule has 2 unspecified atom stereocenters. The van der Waals surface area contributed by atoms with Crippen molar-refractivity contribution in [3.05, 3.63) is 0 Å². The molecule has 3 fully saturated rings. The van der Waals surface area contributed by atoms with Crippen LogP contribution in [0.1, 0.15) is 58.3 Å². The zero-order valence-electron chi connectivity index (χ0n) is 11.4. The minimum Gasteiger partial charge on any atom is -0.310 e. The van der Waals surface area contributed by atoms with Gasteiger partial charge < -0.3 is 5.32 Å². The molecule has 2 aliphatic carbocycles. The highest BCUT2D eigenvalue weighted by Crippen LogP contribution is 2.35. The van der Waals surface area contributed by atoms with Crippen LogP contribution in [0.5, 0.6) is 0 Å². The maximum atomic E-state index is 3.88. The predicted molar refractivity (Wildman–Crippen MR) is 72.2 cm³/mol. The van der Waals surface area contributed by atoms with Gasteiger partial charge in [0.1, 0.15) is 0 Å². The lowest BCUT2D eigenvalue weighted by molar-refractivity contribution is 0.155. The molecule has 0 radical (unpaired) electrons. The van der Waals surface area contributed by atoms with Crippen molar-refractivity contribution in [2.24, 2.45) is 5.92 Å². The maximum absolute atomic E-state index is 3.88. The molecular formula is C15H28N2. The summed E-state index contributed by atoms with van der Waals surface area (Å²) in [7, 11) is 0. The molecule has 1 aliphatic heterocycles. The Morgan fingerprint density at radius 3 is 2.65 bits per heavy atom. The smallest absolute Gasteiger partial charge is 0.0308 e. The van der Waals surface area contributed by atoms with Crippen molar-refractivity contribution >= 4 is 0 Å². The molecule has 2 atom stereocenters. The highest BCUT2D eigenvalue weighted by atomic mass is 15.2. The largest absolute Gasteiger partial charge is 0.310 e. The van der Waals surface area contributed by atoms with E-state index < -0.39 is 0 Å². The molecule has 2 heteroatoms. The van der Waals surface area contributed by atoms with E-state index in [1.54, 1.807) is 0 Å². The predicted octanol–water partition coefficient (Wildman–Crippen LogP) is 2.78. The van der Waals surface area contributed by atoms with Crippen molar-refractivity contribution in [2.45, 2.75) is 69.9 Å². The normalized spacial score (nSPS) is 38.6. The summed E-state index contributed by atoms with van der Waals surface area (Å²) in [5.74, 6) is 0.968. The van der Waals surface area contributed by atoms with Gasteiger partial charge in [-0.05, 0) is 57.5 Å². The Hall–Kier alpha value is -0.0800. The average molecular weight is 236 g/mol. The molecule has 17 heavy (non-hydrogen) atoms. The van der Waals surface area contributed by atoms with Gasteiger partial charge in [-0.15, -0.1) is 0 Å². The third-order valence-electron chi connectivity index (χ3n) is 5.37. The molecule has 1 N–H and O–H groups in total. The zero-order valence-corrected chi connectivity index (χ0v) is 11.4. The van der Waals surface area contributed by atoms with Crippen molar-refractivity contribution in [3.8, 4) is 0 Å². The Bertz CT molecular complexity index is 258. The maximum Gasteiger partial charge on any atom is 0.0308 e. The molecule has 0 aromatic carbocycles. The van der Waals surface area contributed by atoms with Crippen molar-refractivity contribution in [3.63, 3.8) is 0 Å². The molecule has 0 aromatic rings. The van der Waals surface area contributed by atoms with Gasteiger partial charge in [-0.25, -0.2) is 0 Å². The van der Waals surface area contributed by atoms with Gasteiger partial charge in [-0.2, -0.15) is 0 Å². The lowest BCUT2D eigenvalue weighted by Gasteiger charge is -2.36. The van der Waals surface area contributed by atoms with Gasteiger partial charge in [-0.3, -0.25) is 4.90 Å². The summed E-state index contributed by atoms with van der Waals surface area (Å²) in [5, 5.41) is 3.88. The minimum atomic E-state index is 0.502. The Morgan fingerprint density at radius 1 is 1.12 bits per heavy atom. The monoisotopic (exact) mass is 236 g/mol. The summed E-state index contributed by atoms with van der Waals surface area (Å²) in [4.78, 5) is 2.84. The van der Waals surface area contributed by atoms with E-state index in [-0.39, 0.29) is 0 Å². The Morgan fingerprint density at radius 2 is 1.94 bits per heavy atom. The fraction of sp³-hybridized carbons (Fsp3) is 1.00. The Kier molecular flexibility index (Phi) is 3.45. The fourth-order valence-corrected chi connectivity index (χ4v) is 4.37. The first-order chi connectivity index (χ1) is 8.27. The fourth-order valence-electron chi connectivity index (χ4n) is 4.37. The van der Waals surface area contributed by atoms with Crippen LogP contribution in [-0.2, 0) is 0 Å². The van der Waals surface area contributed by atoms with Crippen LogP contribution >= 0.6 is 0 Å². The number of hydrogen-bond acceptors (Lipinski definition) is 2. The third-order valence-corrected chi connectivity index (χ3v) is 5.37. The van der Waals surface area contributed by atoms with E-state index in [4.69, 9.17) is 0 Å². The molecular weight excluding hydrogens is 208 g/mol. The van der Waals surface area contributed by atoms with Gasteiger partial charge in [-0.1, -0.05) is 19.8 Å². The molecule has 3 rings (SSSR count). The van der Waals surface area contributed by atoms with Gasteiger partial charge >= 0.3 is 0 Å². The quantitative estimate of drug-likeness (QED) is 0.753. The summed E-state index contributed by atoms with van der Waals surface area (Å²) < 4.78 is 0. The molecule has 3 aliphatic rings. The van der Waals surface area contributed by atoms with Crippen molar-refractivity contribution in [2.75, 3.05) is 19.6 Å². The minimum absolute atomic E-state index is 0.502. The molecule has 1 heterocycles. The second-order valence-electron chi connectivity index (χ2n) is 6.81. The first-order valence-electron chi connectivity index (χ1n) is 7.77. The second kappa shape index (κ2) is 4.89. The SMILES string of the molecule is CC1CCC(N2CCCNC3(CCCC3)C2)C1. The topological polar surface area (TPSA) is 15.3 Å². The lowest BCUT2D eigenvalue weighted by Crippen LogP contribution is -2.51. The van der Waals surface area contributed by atoms with E-state index in [0.717, 1.165) is 12.0 Å². The van der Waals surface area contributed by atoms with Crippen LogP contribution in [0.3, 0.4) is 0 Å². The van der Waals surface area contributed by atoms with E-state index in [1.807, 2.05) is 0 Å². The van der Waals surface area contributed by atoms with Crippen LogP contribution in [0.2, 0.25) is 0 Å². The first kappa shape index (κ1) is 12.0. The number of nitrogens with zero attached hydrogens (tertiary/aromatic N) is 1. The highest BCUT2D eigenvalue weighted by molar-refractivity contribution is 4.98. The Balaban J connectivity index is 1.67. The molecule has 98 valence electrons. The standard InChI is InChI=1S/C15H28N2/c1-13-5-6-14(11-13)17-10-4-9-16-15(12-17)7-2-3-8-15/h13-14,16H,2-12H2,1H3. The van der Waals surface area contributed by atoms with Crippen molar-refractivity contribution in [1.82, 2.24) is 10.2 Å². The number of hydrogen-bond donors (Lipinski definition) is 1. The molecule has 2 nitrogen and oxygen atoms in total. The van der Waals surface area contributed by atoms with Crippen LogP contribution in [0.4, 0.5) is 0 Å². The summed E-state index contributed by atoms with van der Waals surface area (Å²) in [6, 6.07) is 0.905. The summed E-state index contributed by atoms with van der Waals surface area (Å²) in [6.07, 6.45) is 11.5. The van der Waals surface area contributed by atoms with Gasteiger partial charge in [0.05, 0.1) is 0 Å². The summed E-state index contributed by atoms with van der Waals surface area (Å²) in [6.45, 7) is 6.36. The van der Waals surface area contributed by atoms with Gasteiger partial charge in [0.2, 0.25) is 0 Å². The van der Waals surface area contributed by atoms with E-state index in [1.165, 1.54) is 71.0 Å². The number of rotatable bonds is 1. The lowest BCUT2D eigenvalue weighted by atomic mass is 9.96. The molecule has 2 saturated carbocycles. The van der Waals surface area contributed by atoms with Gasteiger partial charge in [0.25, 0.3) is 0 Å². The highest BCUT2D eigenvalue weighted by Gasteiger charge is 2.39. The summed E-state index contributed by atoms with van der Waals surface area (Å²) in [5.41, 5.74) is 0.502. The second-order valence-corrected chi connectivity index (χ2v) is 6.81. The van der Waals surface area contributed by atoms with Crippen molar-refractivity contribution in [1.29, 1.82) is 0 Å². The molecule has 0 bridgehead atoms. The number of nitrogens with one attached hydrogen (secondary N) is 1. The van der Waals surface area contributed by atoms with Gasteiger partial charge in [0.15, 0.2) is 0 Å². The van der Waals surface area contributed by atoms with E-state index in [0.29, 0.717) is 5.54 Å². The molecule has 1 spiro atoms. The average Bonchev–Trinajstić information content (AvgIpc) is 2.87. The van der Waals surface area contributed by atoms with Crippen LogP contribution in [0.15, 0.2) is 0 Å². The van der Waals surface area contributed by atoms with Crippen LogP contribution in [-0.4, -0.2) is 36.1 Å². The van der Waals surface area contributed by atoms with E-state index in [2.05, 4.69) is 17.1 Å². The Labute approximate surface area is 106 Å². The van der Waals surface area contributed by atoms with Crippen LogP contribution < -0.4 is 5.32 Å². The van der Waals surface area contributed by atoms with Crippen LogP contribution in [0.25, 0.3) is 0 Å². The molecule has 1 saturated heterocycles. The third kappa shape index (κ3) is 2.53. The first-order valence-corrected chi connectivity index (χ1v) is 7.77. The van der Waals surface area contributed by atoms with E-state index >= 15 is 0 Å². The van der Waals surface area contributed by atoms with Crippen molar-refractivity contribution < 1.29 is 0 Å². The summed E-state index contributed by atoms with van der Waals surface area (Å²) >= 11 is 0. The molecule has 0 amide bonds. The zero-order chi connectivity index (χ0) is 11.7.